The van der Waals surface area contributed by atoms with Gasteiger partial charge in [0.2, 0.25) is 0 Å². The van der Waals surface area contributed by atoms with Crippen LogP contribution in [0.25, 0.3) is 127 Å². The van der Waals surface area contributed by atoms with Gasteiger partial charge in [-0.1, -0.05) is 164 Å². The number of fused-ring (bicyclic) bond motifs is 10. The molecule has 0 spiro atoms. The first-order valence-electron chi connectivity index (χ1n) is 20.9. The highest BCUT2D eigenvalue weighted by molar-refractivity contribution is 6.15. The van der Waals surface area contributed by atoms with Gasteiger partial charge < -0.3 is 8.98 Å². The Morgan fingerprint density at radius 1 is 0.306 bits per heavy atom. The molecule has 5 heteroatoms. The molecule has 0 saturated carbocycles. The molecule has 0 aliphatic rings. The van der Waals surface area contributed by atoms with E-state index in [0.29, 0.717) is 17.5 Å². The molecule has 288 valence electrons. The summed E-state index contributed by atoms with van der Waals surface area (Å²) in [6.45, 7) is 0. The highest BCUT2D eigenvalue weighted by Gasteiger charge is 2.23. The normalized spacial score (nSPS) is 11.9. The largest absolute Gasteiger partial charge is 0.456 e. The first-order chi connectivity index (χ1) is 30.7. The smallest absolute Gasteiger partial charge is 0.166 e. The van der Waals surface area contributed by atoms with Crippen LogP contribution in [0.4, 0.5) is 0 Å². The van der Waals surface area contributed by atoms with Crippen LogP contribution in [0.1, 0.15) is 0 Å². The SMILES string of the molecule is c1ccc(-c2ccc(-c3nc(-c4ccc5c(ccc6ccccc65)c4)nc(-c4cc5c(cc4-n4c6ccccc6c6cc7ccccc7cc64)oc4ccccc45)n3)cc2)cc1. The molecular formula is C57H34N4O. The Kier molecular flexibility index (Phi) is 7.54. The summed E-state index contributed by atoms with van der Waals surface area (Å²) in [5, 5.41) is 11.5. The van der Waals surface area contributed by atoms with E-state index in [1.54, 1.807) is 0 Å². The van der Waals surface area contributed by atoms with Crippen LogP contribution in [0.5, 0.6) is 0 Å². The molecule has 5 nitrogen and oxygen atoms in total. The lowest BCUT2D eigenvalue weighted by atomic mass is 10.00. The van der Waals surface area contributed by atoms with Gasteiger partial charge in [0.05, 0.1) is 16.7 Å². The number of para-hydroxylation sites is 2. The quantitative estimate of drug-likeness (QED) is 0.163. The van der Waals surface area contributed by atoms with Gasteiger partial charge in [-0.2, -0.15) is 0 Å². The third kappa shape index (κ3) is 5.45. The third-order valence-corrected chi connectivity index (χ3v) is 12.4. The summed E-state index contributed by atoms with van der Waals surface area (Å²) in [6, 6.07) is 72.8. The number of benzene rings is 10. The second-order valence-electron chi connectivity index (χ2n) is 16.0. The molecular weight excluding hydrogens is 757 g/mol. The molecule has 13 aromatic rings. The first kappa shape index (κ1) is 34.5. The second-order valence-corrected chi connectivity index (χ2v) is 16.0. The average Bonchev–Trinajstić information content (AvgIpc) is 3.87. The lowest BCUT2D eigenvalue weighted by molar-refractivity contribution is 0.668. The molecule has 0 amide bonds. The monoisotopic (exact) mass is 790 g/mol. The van der Waals surface area contributed by atoms with E-state index in [-0.39, 0.29) is 0 Å². The molecule has 0 bridgehead atoms. The maximum absolute atomic E-state index is 6.62. The van der Waals surface area contributed by atoms with E-state index >= 15 is 0 Å². The molecule has 10 aromatic carbocycles. The molecule has 13 rings (SSSR count). The Hall–Kier alpha value is -8.41. The topological polar surface area (TPSA) is 56.7 Å². The van der Waals surface area contributed by atoms with Gasteiger partial charge >= 0.3 is 0 Å². The molecule has 0 N–H and O–H groups in total. The average molecular weight is 791 g/mol. The van der Waals surface area contributed by atoms with Gasteiger partial charge in [0.15, 0.2) is 17.5 Å². The fourth-order valence-corrected chi connectivity index (χ4v) is 9.39. The van der Waals surface area contributed by atoms with Crippen molar-refractivity contribution in [2.24, 2.45) is 0 Å². The van der Waals surface area contributed by atoms with E-state index in [0.717, 1.165) is 71.9 Å². The summed E-state index contributed by atoms with van der Waals surface area (Å²) in [7, 11) is 0. The Morgan fingerprint density at radius 2 is 0.903 bits per heavy atom. The number of hydrogen-bond acceptors (Lipinski definition) is 4. The Balaban J connectivity index is 1.10. The van der Waals surface area contributed by atoms with Gasteiger partial charge in [-0.05, 0) is 79.8 Å². The fourth-order valence-electron chi connectivity index (χ4n) is 9.39. The van der Waals surface area contributed by atoms with Crippen LogP contribution < -0.4 is 0 Å². The van der Waals surface area contributed by atoms with Crippen molar-refractivity contribution in [1.82, 2.24) is 19.5 Å². The predicted octanol–water partition coefficient (Wildman–Crippen LogP) is 15.0. The van der Waals surface area contributed by atoms with E-state index in [4.69, 9.17) is 19.4 Å². The summed E-state index contributed by atoms with van der Waals surface area (Å²) >= 11 is 0. The van der Waals surface area contributed by atoms with Crippen molar-refractivity contribution in [3.8, 4) is 51.0 Å². The number of rotatable bonds is 5. The summed E-state index contributed by atoms with van der Waals surface area (Å²) < 4.78 is 8.97. The lowest BCUT2D eigenvalue weighted by Crippen LogP contribution is -2.04. The molecule has 3 aromatic heterocycles. The zero-order valence-corrected chi connectivity index (χ0v) is 33.3. The summed E-state index contributed by atoms with van der Waals surface area (Å²) in [6.07, 6.45) is 0. The third-order valence-electron chi connectivity index (χ3n) is 12.4. The van der Waals surface area contributed by atoms with Crippen LogP contribution in [0.15, 0.2) is 211 Å². The molecule has 0 atom stereocenters. The standard InChI is InChI=1S/C57H34N4O/c1-2-12-35(13-3-1)36-22-25-38(26-23-36)55-58-56(42-28-29-44-41(30-42)27-24-37-14-6-7-17-43(37)44)60-57(59-55)49-33-48-46-19-9-11-21-53(46)62-54(48)34-52(49)61-50-20-10-8-18-45(50)47-31-39-15-4-5-16-40(39)32-51(47)61/h1-34H. The first-order valence-corrected chi connectivity index (χ1v) is 20.9. The van der Waals surface area contributed by atoms with Gasteiger partial charge in [0.25, 0.3) is 0 Å². The highest BCUT2D eigenvalue weighted by Crippen LogP contribution is 2.42. The van der Waals surface area contributed by atoms with Crippen LogP contribution in [-0.2, 0) is 0 Å². The van der Waals surface area contributed by atoms with E-state index in [1.165, 1.54) is 37.7 Å². The van der Waals surface area contributed by atoms with Gasteiger partial charge in [0.1, 0.15) is 11.2 Å². The number of nitrogens with zero attached hydrogens (tertiary/aromatic N) is 4. The van der Waals surface area contributed by atoms with Crippen molar-refractivity contribution >= 4 is 76.1 Å². The van der Waals surface area contributed by atoms with Crippen LogP contribution >= 0.6 is 0 Å². The van der Waals surface area contributed by atoms with Crippen molar-refractivity contribution in [1.29, 1.82) is 0 Å². The molecule has 0 aliphatic heterocycles. The summed E-state index contributed by atoms with van der Waals surface area (Å²) in [5.74, 6) is 1.77. The van der Waals surface area contributed by atoms with Crippen molar-refractivity contribution in [2.45, 2.75) is 0 Å². The molecule has 0 unspecified atom stereocenters. The zero-order valence-electron chi connectivity index (χ0n) is 33.3. The molecule has 0 radical (unpaired) electrons. The fraction of sp³-hybridized carbons (Fsp3) is 0. The maximum Gasteiger partial charge on any atom is 0.166 e. The Bertz CT molecular complexity index is 3920. The number of hydrogen-bond donors (Lipinski definition) is 0. The van der Waals surface area contributed by atoms with E-state index < -0.39 is 0 Å². The maximum atomic E-state index is 6.62. The summed E-state index contributed by atoms with van der Waals surface area (Å²) in [5.41, 5.74) is 9.70. The minimum Gasteiger partial charge on any atom is -0.456 e. The zero-order chi connectivity index (χ0) is 40.7. The predicted molar refractivity (Wildman–Crippen MR) is 256 cm³/mol. The van der Waals surface area contributed by atoms with Crippen molar-refractivity contribution in [3.63, 3.8) is 0 Å². The molecule has 3 heterocycles. The van der Waals surface area contributed by atoms with Crippen LogP contribution in [0.3, 0.4) is 0 Å². The molecule has 0 fully saturated rings. The van der Waals surface area contributed by atoms with E-state index in [2.05, 4.69) is 193 Å². The highest BCUT2D eigenvalue weighted by atomic mass is 16.3. The van der Waals surface area contributed by atoms with Gasteiger partial charge in [0, 0.05) is 44.3 Å². The van der Waals surface area contributed by atoms with Crippen molar-refractivity contribution in [3.05, 3.63) is 206 Å². The second kappa shape index (κ2) is 13.6. The van der Waals surface area contributed by atoms with Crippen molar-refractivity contribution < 1.29 is 4.42 Å². The van der Waals surface area contributed by atoms with Gasteiger partial charge in [-0.25, -0.2) is 15.0 Å². The Labute approximate surface area is 355 Å². The Morgan fingerprint density at radius 3 is 1.74 bits per heavy atom. The van der Waals surface area contributed by atoms with Gasteiger partial charge in [-0.15, -0.1) is 0 Å². The van der Waals surface area contributed by atoms with Crippen LogP contribution in [0.2, 0.25) is 0 Å². The summed E-state index contributed by atoms with van der Waals surface area (Å²) in [4.78, 5) is 16.1. The van der Waals surface area contributed by atoms with Gasteiger partial charge in [-0.3, -0.25) is 0 Å². The lowest BCUT2D eigenvalue weighted by Gasteiger charge is -2.15. The van der Waals surface area contributed by atoms with Crippen molar-refractivity contribution in [2.75, 3.05) is 0 Å². The minimum atomic E-state index is 0.574. The van der Waals surface area contributed by atoms with Crippen LogP contribution in [-0.4, -0.2) is 19.5 Å². The molecule has 0 saturated heterocycles. The number of furan rings is 1. The van der Waals surface area contributed by atoms with E-state index in [9.17, 15) is 0 Å². The van der Waals surface area contributed by atoms with E-state index in [1.807, 2.05) is 18.2 Å². The molecule has 0 aliphatic carbocycles. The van der Waals surface area contributed by atoms with Crippen LogP contribution in [0, 0.1) is 0 Å². The molecule has 62 heavy (non-hydrogen) atoms. The minimum absolute atomic E-state index is 0.574. The number of aromatic nitrogens is 4.